The summed E-state index contributed by atoms with van der Waals surface area (Å²) in [4.78, 5) is 46.6. The maximum absolute atomic E-state index is 13.3. The Morgan fingerprint density at radius 1 is 1.09 bits per heavy atom. The van der Waals surface area contributed by atoms with Crippen molar-refractivity contribution < 1.29 is 19.1 Å². The Morgan fingerprint density at radius 2 is 1.88 bits per heavy atom. The second-order valence-corrected chi connectivity index (χ2v) is 8.93. The summed E-state index contributed by atoms with van der Waals surface area (Å²) in [7, 11) is 1.67. The Morgan fingerprint density at radius 3 is 2.62 bits per heavy atom. The molecule has 10 heteroatoms. The van der Waals surface area contributed by atoms with Crippen LogP contribution in [0.3, 0.4) is 0 Å². The summed E-state index contributed by atoms with van der Waals surface area (Å²) in [6, 6.07) is 7.21. The fraction of sp³-hybridized carbons (Fsp3) is 0.542. The number of carbonyl (C=O) groups excluding carboxylic acids is 3. The molecule has 10 nitrogen and oxygen atoms in total. The number of ether oxygens (including phenoxy) is 1. The summed E-state index contributed by atoms with van der Waals surface area (Å²) in [5.74, 6) is 0.381. The molecule has 1 fully saturated rings. The normalized spacial score (nSPS) is 18.9. The molecule has 2 bridgehead atoms. The van der Waals surface area contributed by atoms with Crippen LogP contribution in [0.15, 0.2) is 36.9 Å². The maximum atomic E-state index is 13.3. The van der Waals surface area contributed by atoms with Gasteiger partial charge < -0.3 is 19.9 Å². The predicted molar refractivity (Wildman–Crippen MR) is 124 cm³/mol. The highest BCUT2D eigenvalue weighted by Gasteiger charge is 2.41. The molecule has 1 aromatic carbocycles. The fourth-order valence-corrected chi connectivity index (χ4v) is 4.88. The van der Waals surface area contributed by atoms with Crippen LogP contribution in [-0.2, 0) is 16.1 Å². The summed E-state index contributed by atoms with van der Waals surface area (Å²) >= 11 is 0. The van der Waals surface area contributed by atoms with E-state index in [9.17, 15) is 14.4 Å². The van der Waals surface area contributed by atoms with E-state index in [2.05, 4.69) is 15.4 Å². The van der Waals surface area contributed by atoms with Crippen molar-refractivity contribution in [3.05, 3.63) is 42.5 Å². The van der Waals surface area contributed by atoms with Crippen LogP contribution in [0.4, 0.5) is 0 Å². The standard InChI is InChI=1S/C24H32N6O4/c1-25-23(33)24-8-4-5-11-28(21(31)16-30-18-26-17-27-30)14-15-34-20-7-3-2-6-19(20)22(32)29(12-9-24)13-10-24/h2-3,6-7,17-18H,4-5,8-16H2,1H3,(H,25,33). The zero-order valence-corrected chi connectivity index (χ0v) is 19.6. The van der Waals surface area contributed by atoms with Gasteiger partial charge in [-0.15, -0.1) is 0 Å². The first-order chi connectivity index (χ1) is 16.5. The number of rotatable bonds is 3. The lowest BCUT2D eigenvalue weighted by molar-refractivity contribution is -0.134. The number of para-hydroxylation sites is 1. The quantitative estimate of drug-likeness (QED) is 0.728. The van der Waals surface area contributed by atoms with E-state index >= 15 is 0 Å². The molecule has 3 amide bonds. The Labute approximate surface area is 199 Å². The first-order valence-corrected chi connectivity index (χ1v) is 11.9. The van der Waals surface area contributed by atoms with Crippen molar-refractivity contribution in [3.63, 3.8) is 0 Å². The van der Waals surface area contributed by atoms with Gasteiger partial charge in [0.25, 0.3) is 5.91 Å². The Balaban J connectivity index is 1.56. The van der Waals surface area contributed by atoms with E-state index in [1.54, 1.807) is 24.1 Å². The lowest BCUT2D eigenvalue weighted by Gasteiger charge is -2.40. The average Bonchev–Trinajstić information content (AvgIpc) is 3.37. The number of nitrogens with zero attached hydrogens (tertiary/aromatic N) is 5. The van der Waals surface area contributed by atoms with E-state index in [0.717, 1.165) is 19.3 Å². The van der Waals surface area contributed by atoms with Gasteiger partial charge in [0.1, 0.15) is 31.6 Å². The number of hydrogen-bond donors (Lipinski definition) is 1. The first-order valence-electron chi connectivity index (χ1n) is 11.9. The van der Waals surface area contributed by atoms with Crippen LogP contribution in [0.5, 0.6) is 5.75 Å². The molecule has 3 aliphatic rings. The third kappa shape index (κ3) is 5.21. The second kappa shape index (κ2) is 10.7. The molecule has 0 spiro atoms. The molecule has 0 saturated carbocycles. The smallest absolute Gasteiger partial charge is 0.257 e. The average molecular weight is 469 g/mol. The Hall–Kier alpha value is -3.43. The summed E-state index contributed by atoms with van der Waals surface area (Å²) in [6.45, 7) is 2.39. The van der Waals surface area contributed by atoms with Gasteiger partial charge in [0.2, 0.25) is 11.8 Å². The van der Waals surface area contributed by atoms with Gasteiger partial charge in [0.05, 0.1) is 17.5 Å². The molecule has 5 rings (SSSR count). The van der Waals surface area contributed by atoms with E-state index in [0.29, 0.717) is 50.3 Å². The number of aromatic nitrogens is 3. The molecule has 1 saturated heterocycles. The summed E-state index contributed by atoms with van der Waals surface area (Å²) in [6.07, 6.45) is 6.48. The van der Waals surface area contributed by atoms with Crippen molar-refractivity contribution in [2.75, 3.05) is 39.8 Å². The van der Waals surface area contributed by atoms with E-state index in [4.69, 9.17) is 4.74 Å². The Kier molecular flexibility index (Phi) is 7.44. The van der Waals surface area contributed by atoms with Crippen LogP contribution < -0.4 is 10.1 Å². The van der Waals surface area contributed by atoms with E-state index in [1.807, 2.05) is 17.0 Å². The van der Waals surface area contributed by atoms with Gasteiger partial charge in [-0.1, -0.05) is 18.6 Å². The molecule has 0 atom stereocenters. The monoisotopic (exact) mass is 468 g/mol. The number of fused-ring (bicyclic) bond motifs is 9. The highest BCUT2D eigenvalue weighted by Crippen LogP contribution is 2.38. The van der Waals surface area contributed by atoms with Crippen molar-refractivity contribution in [1.82, 2.24) is 29.9 Å². The molecule has 4 heterocycles. The number of nitrogens with one attached hydrogen (secondary N) is 1. The van der Waals surface area contributed by atoms with Gasteiger partial charge in [-0.3, -0.25) is 14.4 Å². The molecule has 34 heavy (non-hydrogen) atoms. The van der Waals surface area contributed by atoms with Crippen molar-refractivity contribution in [2.24, 2.45) is 5.41 Å². The molecular weight excluding hydrogens is 436 g/mol. The van der Waals surface area contributed by atoms with Crippen molar-refractivity contribution >= 4 is 17.7 Å². The summed E-state index contributed by atoms with van der Waals surface area (Å²) in [5, 5.41) is 6.86. The molecule has 0 unspecified atom stereocenters. The third-order valence-electron chi connectivity index (χ3n) is 6.90. The van der Waals surface area contributed by atoms with E-state index in [1.165, 1.54) is 17.3 Å². The first kappa shape index (κ1) is 23.7. The molecule has 2 aromatic rings. The highest BCUT2D eigenvalue weighted by atomic mass is 16.5. The fourth-order valence-electron chi connectivity index (χ4n) is 4.88. The maximum Gasteiger partial charge on any atom is 0.257 e. The zero-order chi connectivity index (χ0) is 24.0. The lowest BCUT2D eigenvalue weighted by atomic mass is 9.73. The minimum absolute atomic E-state index is 0.0340. The second-order valence-electron chi connectivity index (χ2n) is 8.93. The van der Waals surface area contributed by atoms with E-state index < -0.39 is 5.41 Å². The van der Waals surface area contributed by atoms with Crippen molar-refractivity contribution in [2.45, 2.75) is 38.6 Å². The molecule has 0 aliphatic carbocycles. The van der Waals surface area contributed by atoms with Crippen molar-refractivity contribution in [3.8, 4) is 5.75 Å². The minimum atomic E-state index is -0.489. The molecule has 3 aliphatic heterocycles. The number of carbonyl (C=O) groups is 3. The lowest BCUT2D eigenvalue weighted by Crippen LogP contribution is -2.49. The number of amides is 3. The number of benzene rings is 1. The molecular formula is C24H32N6O4. The van der Waals surface area contributed by atoms with Gasteiger partial charge in [-0.25, -0.2) is 9.67 Å². The SMILES string of the molecule is CNC(=O)C12CCCCN(C(=O)Cn3cncn3)CCOc3ccccc3C(=O)N(CC1)CC2. The van der Waals surface area contributed by atoms with Crippen LogP contribution in [0, 0.1) is 5.41 Å². The van der Waals surface area contributed by atoms with Crippen molar-refractivity contribution in [1.29, 1.82) is 0 Å². The number of piperidine rings is 1. The third-order valence-corrected chi connectivity index (χ3v) is 6.90. The number of hydrogen-bond acceptors (Lipinski definition) is 6. The molecule has 1 aromatic heterocycles. The molecule has 182 valence electrons. The van der Waals surface area contributed by atoms with Crippen LogP contribution >= 0.6 is 0 Å². The van der Waals surface area contributed by atoms with Gasteiger partial charge >= 0.3 is 0 Å². The molecule has 1 N–H and O–H groups in total. The van der Waals surface area contributed by atoms with Gasteiger partial charge in [-0.2, -0.15) is 5.10 Å². The van der Waals surface area contributed by atoms with Crippen LogP contribution in [0.2, 0.25) is 0 Å². The van der Waals surface area contributed by atoms with Gasteiger partial charge in [0, 0.05) is 26.7 Å². The zero-order valence-electron chi connectivity index (χ0n) is 19.6. The van der Waals surface area contributed by atoms with Crippen LogP contribution in [0.1, 0.15) is 42.5 Å². The highest BCUT2D eigenvalue weighted by molar-refractivity contribution is 5.97. The Bertz CT molecular complexity index is 1000. The van der Waals surface area contributed by atoms with E-state index in [-0.39, 0.29) is 30.9 Å². The van der Waals surface area contributed by atoms with Gasteiger partial charge in [0.15, 0.2) is 0 Å². The minimum Gasteiger partial charge on any atom is -0.491 e. The van der Waals surface area contributed by atoms with Crippen LogP contribution in [0.25, 0.3) is 0 Å². The molecule has 0 radical (unpaired) electrons. The summed E-state index contributed by atoms with van der Waals surface area (Å²) in [5.41, 5.74) is 0.0161. The van der Waals surface area contributed by atoms with Gasteiger partial charge in [-0.05, 0) is 37.8 Å². The summed E-state index contributed by atoms with van der Waals surface area (Å²) < 4.78 is 7.49. The van der Waals surface area contributed by atoms with Crippen LogP contribution in [-0.4, -0.2) is 82.1 Å². The largest absolute Gasteiger partial charge is 0.491 e. The topological polar surface area (TPSA) is 110 Å². The predicted octanol–water partition coefficient (Wildman–Crippen LogP) is 1.34.